The van der Waals surface area contributed by atoms with Crippen molar-refractivity contribution in [3.63, 3.8) is 0 Å². The SMILES string of the molecule is CC(C)N(CCC(N)=NO)C(=O)c1sccc1Br. The van der Waals surface area contributed by atoms with Crippen molar-refractivity contribution in [3.05, 3.63) is 20.8 Å². The molecule has 0 saturated heterocycles. The second-order valence-corrected chi connectivity index (χ2v) is 5.80. The molecule has 1 aromatic heterocycles. The van der Waals surface area contributed by atoms with Gasteiger partial charge >= 0.3 is 0 Å². The fourth-order valence-corrected chi connectivity index (χ4v) is 2.95. The zero-order valence-corrected chi connectivity index (χ0v) is 12.7. The predicted octanol–water partition coefficient (Wildman–Crippen LogP) is 2.50. The summed E-state index contributed by atoms with van der Waals surface area (Å²) in [6.07, 6.45) is 0.351. The Bertz CT molecular complexity index is 445. The van der Waals surface area contributed by atoms with Crippen molar-refractivity contribution in [2.45, 2.75) is 26.3 Å². The van der Waals surface area contributed by atoms with Gasteiger partial charge in [-0.2, -0.15) is 0 Å². The zero-order chi connectivity index (χ0) is 13.7. The molecule has 0 aliphatic carbocycles. The number of oxime groups is 1. The minimum absolute atomic E-state index is 0.0439. The molecule has 18 heavy (non-hydrogen) atoms. The Morgan fingerprint density at radius 3 is 2.78 bits per heavy atom. The van der Waals surface area contributed by atoms with Crippen LogP contribution in [0.1, 0.15) is 29.9 Å². The molecule has 1 amide bonds. The monoisotopic (exact) mass is 333 g/mol. The molecular weight excluding hydrogens is 318 g/mol. The van der Waals surface area contributed by atoms with Crippen molar-refractivity contribution in [2.75, 3.05) is 6.54 Å². The molecule has 0 radical (unpaired) electrons. The van der Waals surface area contributed by atoms with E-state index in [4.69, 9.17) is 10.9 Å². The normalized spacial score (nSPS) is 11.9. The smallest absolute Gasteiger partial charge is 0.265 e. The van der Waals surface area contributed by atoms with Gasteiger partial charge in [0.05, 0.1) is 0 Å². The van der Waals surface area contributed by atoms with Crippen LogP contribution in [0.5, 0.6) is 0 Å². The summed E-state index contributed by atoms with van der Waals surface area (Å²) in [5.74, 6) is 0.0799. The van der Waals surface area contributed by atoms with Gasteiger partial charge in [0.2, 0.25) is 0 Å². The summed E-state index contributed by atoms with van der Waals surface area (Å²) in [5, 5.41) is 13.3. The molecule has 5 nitrogen and oxygen atoms in total. The summed E-state index contributed by atoms with van der Waals surface area (Å²) in [5.41, 5.74) is 5.43. The molecule has 0 unspecified atom stereocenters. The van der Waals surface area contributed by atoms with Crippen LogP contribution < -0.4 is 5.73 Å². The van der Waals surface area contributed by atoms with Gasteiger partial charge in [0.15, 0.2) is 0 Å². The van der Waals surface area contributed by atoms with Crippen molar-refractivity contribution in [1.82, 2.24) is 4.90 Å². The number of carbonyl (C=O) groups is 1. The Labute approximate surface area is 118 Å². The molecule has 0 saturated carbocycles. The second-order valence-electron chi connectivity index (χ2n) is 4.03. The summed E-state index contributed by atoms with van der Waals surface area (Å²) in [6.45, 7) is 4.30. The molecule has 3 N–H and O–H groups in total. The molecule has 100 valence electrons. The van der Waals surface area contributed by atoms with Crippen molar-refractivity contribution < 1.29 is 10.0 Å². The van der Waals surface area contributed by atoms with Gasteiger partial charge in [-0.1, -0.05) is 5.16 Å². The number of rotatable bonds is 5. The lowest BCUT2D eigenvalue weighted by molar-refractivity contribution is 0.0715. The van der Waals surface area contributed by atoms with Crippen molar-refractivity contribution in [2.24, 2.45) is 10.9 Å². The van der Waals surface area contributed by atoms with Crippen LogP contribution >= 0.6 is 27.3 Å². The Kier molecular flexibility index (Phi) is 5.61. The first-order valence-corrected chi connectivity index (χ1v) is 7.15. The van der Waals surface area contributed by atoms with E-state index in [0.717, 1.165) is 4.47 Å². The number of thiophene rings is 1. The maximum Gasteiger partial charge on any atom is 0.265 e. The summed E-state index contributed by atoms with van der Waals surface area (Å²) < 4.78 is 0.798. The van der Waals surface area contributed by atoms with Crippen LogP contribution in [-0.4, -0.2) is 34.4 Å². The van der Waals surface area contributed by atoms with Crippen molar-refractivity contribution in [3.8, 4) is 0 Å². The molecule has 7 heteroatoms. The average Bonchev–Trinajstić information content (AvgIpc) is 2.74. The highest BCUT2D eigenvalue weighted by Gasteiger charge is 2.21. The van der Waals surface area contributed by atoms with Gasteiger partial charge in [0.25, 0.3) is 5.91 Å². The van der Waals surface area contributed by atoms with Gasteiger partial charge in [0.1, 0.15) is 10.7 Å². The third-order valence-electron chi connectivity index (χ3n) is 2.43. The van der Waals surface area contributed by atoms with E-state index in [2.05, 4.69) is 21.1 Å². The molecule has 0 atom stereocenters. The summed E-state index contributed by atoms with van der Waals surface area (Å²) in [6, 6.07) is 1.90. The molecule has 0 aromatic carbocycles. The first-order chi connectivity index (χ1) is 8.47. The molecule has 0 aliphatic heterocycles. The van der Waals surface area contributed by atoms with E-state index in [1.165, 1.54) is 11.3 Å². The number of amidine groups is 1. The summed E-state index contributed by atoms with van der Waals surface area (Å²) in [7, 11) is 0. The largest absolute Gasteiger partial charge is 0.409 e. The Balaban J connectivity index is 2.80. The van der Waals surface area contributed by atoms with E-state index in [1.807, 2.05) is 25.3 Å². The van der Waals surface area contributed by atoms with Gasteiger partial charge in [-0.25, -0.2) is 0 Å². The second kappa shape index (κ2) is 6.75. The van der Waals surface area contributed by atoms with E-state index in [1.54, 1.807) is 4.90 Å². The Morgan fingerprint density at radius 1 is 1.67 bits per heavy atom. The highest BCUT2D eigenvalue weighted by Crippen LogP contribution is 2.25. The van der Waals surface area contributed by atoms with Gasteiger partial charge < -0.3 is 15.8 Å². The predicted molar refractivity (Wildman–Crippen MR) is 76.2 cm³/mol. The van der Waals surface area contributed by atoms with E-state index < -0.39 is 0 Å². The molecule has 1 aromatic rings. The molecule has 0 bridgehead atoms. The molecule has 1 heterocycles. The third kappa shape index (κ3) is 3.71. The van der Waals surface area contributed by atoms with Crippen LogP contribution in [0.25, 0.3) is 0 Å². The highest BCUT2D eigenvalue weighted by molar-refractivity contribution is 9.10. The van der Waals surface area contributed by atoms with Crippen LogP contribution in [0, 0.1) is 0 Å². The fourth-order valence-electron chi connectivity index (χ4n) is 1.46. The molecule has 1 rings (SSSR count). The average molecular weight is 334 g/mol. The van der Waals surface area contributed by atoms with E-state index in [0.29, 0.717) is 17.8 Å². The van der Waals surface area contributed by atoms with Gasteiger partial charge in [0, 0.05) is 23.5 Å². The topological polar surface area (TPSA) is 78.9 Å². The highest BCUT2D eigenvalue weighted by atomic mass is 79.9. The standard InChI is InChI=1S/C11H16BrN3O2S/c1-7(2)15(5-3-9(13)14-17)11(16)10-8(12)4-6-18-10/h4,6-7,17H,3,5H2,1-2H3,(H2,13,14). The minimum Gasteiger partial charge on any atom is -0.409 e. The maximum atomic E-state index is 12.3. The zero-order valence-electron chi connectivity index (χ0n) is 10.3. The van der Waals surface area contributed by atoms with Crippen LogP contribution in [0.4, 0.5) is 0 Å². The number of hydrogen-bond acceptors (Lipinski definition) is 4. The summed E-state index contributed by atoms with van der Waals surface area (Å²) in [4.78, 5) is 14.7. The van der Waals surface area contributed by atoms with Gasteiger partial charge in [-0.3, -0.25) is 4.79 Å². The van der Waals surface area contributed by atoms with Crippen molar-refractivity contribution in [1.29, 1.82) is 0 Å². The number of amides is 1. The maximum absolute atomic E-state index is 12.3. The molecule has 0 aliphatic rings. The number of nitrogens with two attached hydrogens (primary N) is 1. The summed E-state index contributed by atoms with van der Waals surface area (Å²) >= 11 is 4.75. The Hall–Kier alpha value is -1.08. The number of carbonyl (C=O) groups excluding carboxylic acids is 1. The number of halogens is 1. The number of nitrogens with zero attached hydrogens (tertiary/aromatic N) is 2. The van der Waals surface area contributed by atoms with Crippen LogP contribution in [0.15, 0.2) is 21.1 Å². The molecular formula is C11H16BrN3O2S. The lowest BCUT2D eigenvalue weighted by Crippen LogP contribution is -2.39. The third-order valence-corrected chi connectivity index (χ3v) is 4.26. The van der Waals surface area contributed by atoms with E-state index in [-0.39, 0.29) is 17.8 Å². The van der Waals surface area contributed by atoms with E-state index in [9.17, 15) is 4.79 Å². The first-order valence-electron chi connectivity index (χ1n) is 5.47. The first kappa shape index (κ1) is 15.0. The quantitative estimate of drug-likeness (QED) is 0.376. The van der Waals surface area contributed by atoms with Crippen LogP contribution in [0.2, 0.25) is 0 Å². The van der Waals surface area contributed by atoms with Gasteiger partial charge in [-0.05, 0) is 41.2 Å². The van der Waals surface area contributed by atoms with Crippen LogP contribution in [-0.2, 0) is 0 Å². The minimum atomic E-state index is -0.0439. The van der Waals surface area contributed by atoms with Gasteiger partial charge in [-0.15, -0.1) is 11.3 Å². The molecule has 0 fully saturated rings. The lowest BCUT2D eigenvalue weighted by atomic mass is 10.2. The fraction of sp³-hybridized carbons (Fsp3) is 0.455. The van der Waals surface area contributed by atoms with Crippen molar-refractivity contribution >= 4 is 39.0 Å². The number of hydrogen-bond donors (Lipinski definition) is 2. The van der Waals surface area contributed by atoms with Crippen LogP contribution in [0.3, 0.4) is 0 Å². The Morgan fingerprint density at radius 2 is 2.33 bits per heavy atom. The lowest BCUT2D eigenvalue weighted by Gasteiger charge is -2.26. The molecule has 0 spiro atoms. The van der Waals surface area contributed by atoms with E-state index >= 15 is 0 Å².